The van der Waals surface area contributed by atoms with Gasteiger partial charge in [0.25, 0.3) is 0 Å². The lowest BCUT2D eigenvalue weighted by atomic mass is 10.0. The van der Waals surface area contributed by atoms with E-state index < -0.39 is 0 Å². The van der Waals surface area contributed by atoms with Gasteiger partial charge in [0.2, 0.25) is 11.8 Å². The van der Waals surface area contributed by atoms with Gasteiger partial charge < -0.3 is 15.5 Å². The van der Waals surface area contributed by atoms with E-state index in [1.807, 2.05) is 19.1 Å². The first-order valence-electron chi connectivity index (χ1n) is 9.21. The molecular formula is C20H29N3O2. The van der Waals surface area contributed by atoms with Crippen LogP contribution in [-0.2, 0) is 16.0 Å². The Morgan fingerprint density at radius 3 is 2.68 bits per heavy atom. The SMILES string of the molecule is CCCNC(=O)C1=Cc2cc(CCN(CC)CC)ccc2NC(=O)C1. The maximum Gasteiger partial charge on any atom is 0.247 e. The molecule has 0 aliphatic carbocycles. The third-order valence-corrected chi connectivity index (χ3v) is 4.51. The van der Waals surface area contributed by atoms with E-state index in [4.69, 9.17) is 0 Å². The first kappa shape index (κ1) is 19.2. The van der Waals surface area contributed by atoms with Gasteiger partial charge in [-0.1, -0.05) is 26.8 Å². The van der Waals surface area contributed by atoms with Gasteiger partial charge in [0, 0.05) is 24.4 Å². The first-order valence-corrected chi connectivity index (χ1v) is 9.21. The summed E-state index contributed by atoms with van der Waals surface area (Å²) in [5.74, 6) is -0.300. The van der Waals surface area contributed by atoms with E-state index in [9.17, 15) is 9.59 Å². The summed E-state index contributed by atoms with van der Waals surface area (Å²) < 4.78 is 0. The van der Waals surface area contributed by atoms with Crippen molar-refractivity contribution in [2.75, 3.05) is 31.5 Å². The highest BCUT2D eigenvalue weighted by Gasteiger charge is 2.19. The van der Waals surface area contributed by atoms with Gasteiger partial charge >= 0.3 is 0 Å². The maximum atomic E-state index is 12.3. The molecule has 0 radical (unpaired) electrons. The van der Waals surface area contributed by atoms with Gasteiger partial charge in [-0.25, -0.2) is 0 Å². The van der Waals surface area contributed by atoms with Crippen LogP contribution in [0.4, 0.5) is 5.69 Å². The minimum Gasteiger partial charge on any atom is -0.352 e. The second-order valence-electron chi connectivity index (χ2n) is 6.35. The summed E-state index contributed by atoms with van der Waals surface area (Å²) in [7, 11) is 0. The monoisotopic (exact) mass is 343 g/mol. The Labute approximate surface area is 150 Å². The normalized spacial score (nSPS) is 13.8. The quantitative estimate of drug-likeness (QED) is 0.763. The fourth-order valence-corrected chi connectivity index (χ4v) is 2.93. The Balaban J connectivity index is 2.20. The van der Waals surface area contributed by atoms with Crippen molar-refractivity contribution in [3.8, 4) is 0 Å². The minimum atomic E-state index is -0.154. The number of hydrogen-bond acceptors (Lipinski definition) is 3. The molecule has 1 aliphatic heterocycles. The Bertz CT molecular complexity index is 648. The van der Waals surface area contributed by atoms with Gasteiger partial charge in [0.15, 0.2) is 0 Å². The predicted molar refractivity (Wildman–Crippen MR) is 102 cm³/mol. The molecule has 0 bridgehead atoms. The molecule has 0 aromatic heterocycles. The van der Waals surface area contributed by atoms with Crippen molar-refractivity contribution in [2.24, 2.45) is 0 Å². The molecule has 0 atom stereocenters. The van der Waals surface area contributed by atoms with Crippen molar-refractivity contribution >= 4 is 23.6 Å². The van der Waals surface area contributed by atoms with Crippen LogP contribution in [0.2, 0.25) is 0 Å². The van der Waals surface area contributed by atoms with Crippen LogP contribution in [0.25, 0.3) is 6.08 Å². The highest BCUT2D eigenvalue weighted by atomic mass is 16.2. The summed E-state index contributed by atoms with van der Waals surface area (Å²) in [5, 5.41) is 5.75. The molecule has 0 saturated heterocycles. The van der Waals surface area contributed by atoms with Crippen molar-refractivity contribution in [3.63, 3.8) is 0 Å². The molecule has 2 N–H and O–H groups in total. The number of nitrogens with one attached hydrogen (secondary N) is 2. The number of rotatable bonds is 8. The van der Waals surface area contributed by atoms with Crippen molar-refractivity contribution in [2.45, 2.75) is 40.0 Å². The number of fused-ring (bicyclic) bond motifs is 1. The van der Waals surface area contributed by atoms with Gasteiger partial charge in [-0.2, -0.15) is 0 Å². The van der Waals surface area contributed by atoms with Crippen molar-refractivity contribution in [1.29, 1.82) is 0 Å². The minimum absolute atomic E-state index is 0.110. The van der Waals surface area contributed by atoms with Crippen molar-refractivity contribution < 1.29 is 9.59 Å². The molecular weight excluding hydrogens is 314 g/mol. The smallest absolute Gasteiger partial charge is 0.247 e. The van der Waals surface area contributed by atoms with Crippen LogP contribution < -0.4 is 10.6 Å². The van der Waals surface area contributed by atoms with E-state index in [1.54, 1.807) is 0 Å². The summed E-state index contributed by atoms with van der Waals surface area (Å²) in [6.45, 7) is 10.0. The van der Waals surface area contributed by atoms with E-state index in [-0.39, 0.29) is 18.2 Å². The van der Waals surface area contributed by atoms with Crippen LogP contribution in [0.15, 0.2) is 23.8 Å². The fourth-order valence-electron chi connectivity index (χ4n) is 2.93. The second-order valence-corrected chi connectivity index (χ2v) is 6.35. The zero-order chi connectivity index (χ0) is 18.2. The Morgan fingerprint density at radius 2 is 2.00 bits per heavy atom. The van der Waals surface area contributed by atoms with E-state index >= 15 is 0 Å². The molecule has 0 fully saturated rings. The highest BCUT2D eigenvalue weighted by Crippen LogP contribution is 2.25. The number of likely N-dealkylation sites (N-methyl/N-ethyl adjacent to an activating group) is 1. The molecule has 25 heavy (non-hydrogen) atoms. The number of nitrogens with zero attached hydrogens (tertiary/aromatic N) is 1. The third kappa shape index (κ3) is 5.43. The summed E-state index contributed by atoms with van der Waals surface area (Å²) >= 11 is 0. The number of amides is 2. The fraction of sp³-hybridized carbons (Fsp3) is 0.500. The number of anilines is 1. The number of carbonyl (C=O) groups excluding carboxylic acids is 2. The van der Waals surface area contributed by atoms with Crippen molar-refractivity contribution in [1.82, 2.24) is 10.2 Å². The molecule has 2 rings (SSSR count). The lowest BCUT2D eigenvalue weighted by molar-refractivity contribution is -0.120. The summed E-state index contributed by atoms with van der Waals surface area (Å²) in [6.07, 6.45) is 3.78. The average Bonchev–Trinajstić information content (AvgIpc) is 2.78. The van der Waals surface area contributed by atoms with Crippen LogP contribution in [0, 0.1) is 0 Å². The van der Waals surface area contributed by atoms with E-state index in [2.05, 4.69) is 41.5 Å². The third-order valence-electron chi connectivity index (χ3n) is 4.51. The zero-order valence-corrected chi connectivity index (χ0v) is 15.5. The van der Waals surface area contributed by atoms with Crippen LogP contribution in [0.3, 0.4) is 0 Å². The number of hydrogen-bond donors (Lipinski definition) is 2. The number of carbonyl (C=O) groups is 2. The Hall–Kier alpha value is -2.14. The van der Waals surface area contributed by atoms with Gasteiger partial charge in [0.05, 0.1) is 6.42 Å². The van der Waals surface area contributed by atoms with Gasteiger partial charge in [-0.05, 0) is 55.3 Å². The second kappa shape index (κ2) is 9.37. The topological polar surface area (TPSA) is 61.4 Å². The molecule has 1 heterocycles. The van der Waals surface area contributed by atoms with Gasteiger partial charge in [0.1, 0.15) is 0 Å². The van der Waals surface area contributed by atoms with Crippen LogP contribution >= 0.6 is 0 Å². The lowest BCUT2D eigenvalue weighted by Crippen LogP contribution is -2.27. The highest BCUT2D eigenvalue weighted by molar-refractivity contribution is 6.08. The molecule has 0 saturated carbocycles. The molecule has 0 spiro atoms. The van der Waals surface area contributed by atoms with Crippen LogP contribution in [0.1, 0.15) is 44.7 Å². The predicted octanol–water partition coefficient (Wildman–Crippen LogP) is 2.82. The van der Waals surface area contributed by atoms with Crippen molar-refractivity contribution in [3.05, 3.63) is 34.9 Å². The van der Waals surface area contributed by atoms with E-state index in [0.717, 1.165) is 43.7 Å². The zero-order valence-electron chi connectivity index (χ0n) is 15.5. The molecule has 136 valence electrons. The standard InChI is InChI=1S/C20H29N3O2/c1-4-10-21-20(25)17-13-16-12-15(9-11-23(5-2)6-3)7-8-18(16)22-19(24)14-17/h7-8,12-13H,4-6,9-11,14H2,1-3H3,(H,21,25)(H,22,24). The summed E-state index contributed by atoms with van der Waals surface area (Å²) in [6, 6.07) is 6.07. The maximum absolute atomic E-state index is 12.3. The molecule has 1 aliphatic rings. The first-order chi connectivity index (χ1) is 12.1. The largest absolute Gasteiger partial charge is 0.352 e. The van der Waals surface area contributed by atoms with Crippen LogP contribution in [-0.4, -0.2) is 42.9 Å². The summed E-state index contributed by atoms with van der Waals surface area (Å²) in [4.78, 5) is 26.7. The average molecular weight is 343 g/mol. The molecule has 5 nitrogen and oxygen atoms in total. The Morgan fingerprint density at radius 1 is 1.24 bits per heavy atom. The van der Waals surface area contributed by atoms with Gasteiger partial charge in [-0.3, -0.25) is 9.59 Å². The van der Waals surface area contributed by atoms with E-state index in [0.29, 0.717) is 12.1 Å². The summed E-state index contributed by atoms with van der Waals surface area (Å²) in [5.41, 5.74) is 3.41. The van der Waals surface area contributed by atoms with E-state index in [1.165, 1.54) is 5.56 Å². The Kier molecular flexibility index (Phi) is 7.19. The molecule has 2 amide bonds. The molecule has 1 aromatic carbocycles. The lowest BCUT2D eigenvalue weighted by Gasteiger charge is -2.18. The molecule has 0 unspecified atom stereocenters. The molecule has 1 aromatic rings. The van der Waals surface area contributed by atoms with Crippen LogP contribution in [0.5, 0.6) is 0 Å². The number of benzene rings is 1. The molecule has 5 heteroatoms. The van der Waals surface area contributed by atoms with Gasteiger partial charge in [-0.15, -0.1) is 0 Å².